The van der Waals surface area contributed by atoms with Crippen LogP contribution in [0.1, 0.15) is 26.7 Å². The number of hydrogen-bond acceptors (Lipinski definition) is 4. The fraction of sp³-hybridized carbons (Fsp3) is 0.211. The normalized spacial score (nSPS) is 10.5. The largest absolute Gasteiger partial charge is 0.339 e. The van der Waals surface area contributed by atoms with Crippen LogP contribution in [0, 0.1) is 0 Å². The molecule has 0 aliphatic heterocycles. The number of aromatic nitrogens is 4. The van der Waals surface area contributed by atoms with E-state index in [1.54, 1.807) is 0 Å². The summed E-state index contributed by atoms with van der Waals surface area (Å²) in [7, 11) is 0. The lowest BCUT2D eigenvalue weighted by atomic mass is 10.1. The van der Waals surface area contributed by atoms with Gasteiger partial charge in [-0.15, -0.1) is 0 Å². The molecule has 122 valence electrons. The molecule has 0 N–H and O–H groups in total. The summed E-state index contributed by atoms with van der Waals surface area (Å²) in [5, 5.41) is 4.02. The molecule has 0 aliphatic carbocycles. The minimum atomic E-state index is 0.613. The molecule has 3 aromatic heterocycles. The highest BCUT2D eigenvalue weighted by Crippen LogP contribution is 2.24. The van der Waals surface area contributed by atoms with Crippen LogP contribution in [-0.2, 0) is 6.42 Å². The van der Waals surface area contributed by atoms with E-state index in [0.29, 0.717) is 11.7 Å². The zero-order valence-corrected chi connectivity index (χ0v) is 14.1. The van der Waals surface area contributed by atoms with Crippen LogP contribution in [0.25, 0.3) is 28.3 Å². The highest BCUT2D eigenvalue weighted by atomic mass is 16.5. The molecule has 0 aliphatic rings. The van der Waals surface area contributed by atoms with Gasteiger partial charge in [0.1, 0.15) is 5.65 Å². The third-order valence-electron chi connectivity index (χ3n) is 3.55. The number of hydrogen-bond donors (Lipinski definition) is 0. The van der Waals surface area contributed by atoms with Crippen LogP contribution in [0.4, 0.5) is 0 Å². The van der Waals surface area contributed by atoms with Gasteiger partial charge in [-0.3, -0.25) is 0 Å². The van der Waals surface area contributed by atoms with E-state index in [0.717, 1.165) is 28.9 Å². The molecule has 5 heteroatoms. The second-order valence-corrected chi connectivity index (χ2v) is 5.04. The third-order valence-corrected chi connectivity index (χ3v) is 3.55. The topological polar surface area (TPSA) is 56.2 Å². The molecule has 4 aromatic rings. The predicted molar refractivity (Wildman–Crippen MR) is 94.6 cm³/mol. The Hall–Kier alpha value is -2.95. The molecule has 0 fully saturated rings. The van der Waals surface area contributed by atoms with Crippen molar-refractivity contribution in [1.82, 2.24) is 19.5 Å². The Kier molecular flexibility index (Phi) is 4.70. The van der Waals surface area contributed by atoms with E-state index in [9.17, 15) is 0 Å². The standard InChI is InChI=1S/C17H14N4O.C2H6/c1-2-16-19-17(20-22-16)13-7-5-6-12(10-13)14-11-21-9-4-3-8-15(21)18-14;1-2/h3-11H,2H2,1H3;1-2H3. The molecule has 4 rings (SSSR count). The van der Waals surface area contributed by atoms with Crippen molar-refractivity contribution >= 4 is 5.65 Å². The third kappa shape index (κ3) is 3.06. The molecule has 0 radical (unpaired) electrons. The molecule has 0 bridgehead atoms. The summed E-state index contributed by atoms with van der Waals surface area (Å²) >= 11 is 0. The first-order valence-electron chi connectivity index (χ1n) is 8.20. The average Bonchev–Trinajstić information content (AvgIpc) is 3.30. The molecular weight excluding hydrogens is 300 g/mol. The van der Waals surface area contributed by atoms with Gasteiger partial charge in [-0.05, 0) is 18.2 Å². The molecule has 0 unspecified atom stereocenters. The smallest absolute Gasteiger partial charge is 0.226 e. The van der Waals surface area contributed by atoms with E-state index in [4.69, 9.17) is 4.52 Å². The zero-order valence-electron chi connectivity index (χ0n) is 14.1. The molecule has 24 heavy (non-hydrogen) atoms. The Morgan fingerprint density at radius 3 is 2.58 bits per heavy atom. The minimum Gasteiger partial charge on any atom is -0.339 e. The first-order chi connectivity index (χ1) is 11.8. The maximum atomic E-state index is 5.18. The lowest BCUT2D eigenvalue weighted by Crippen LogP contribution is -1.84. The zero-order chi connectivity index (χ0) is 16.9. The number of aryl methyl sites for hydroxylation is 1. The first kappa shape index (κ1) is 15.9. The van der Waals surface area contributed by atoms with Gasteiger partial charge in [-0.25, -0.2) is 4.98 Å². The summed E-state index contributed by atoms with van der Waals surface area (Å²) in [6, 6.07) is 14.0. The number of pyridine rings is 1. The van der Waals surface area contributed by atoms with Crippen molar-refractivity contribution in [3.63, 3.8) is 0 Å². The van der Waals surface area contributed by atoms with Crippen molar-refractivity contribution in [3.05, 3.63) is 60.7 Å². The van der Waals surface area contributed by atoms with Crippen LogP contribution in [0.2, 0.25) is 0 Å². The Bertz CT molecular complexity index is 906. The molecule has 0 spiro atoms. The number of imidazole rings is 1. The number of nitrogens with zero attached hydrogens (tertiary/aromatic N) is 4. The maximum absolute atomic E-state index is 5.18. The molecule has 0 saturated carbocycles. The van der Waals surface area contributed by atoms with E-state index in [-0.39, 0.29) is 0 Å². The lowest BCUT2D eigenvalue weighted by molar-refractivity contribution is 0.383. The lowest BCUT2D eigenvalue weighted by Gasteiger charge is -1.99. The molecule has 1 aromatic carbocycles. The van der Waals surface area contributed by atoms with Gasteiger partial charge in [0.2, 0.25) is 11.7 Å². The van der Waals surface area contributed by atoms with E-state index in [1.807, 2.05) is 80.0 Å². The highest BCUT2D eigenvalue weighted by Gasteiger charge is 2.10. The molecule has 0 atom stereocenters. The van der Waals surface area contributed by atoms with Gasteiger partial charge in [0.25, 0.3) is 0 Å². The van der Waals surface area contributed by atoms with Gasteiger partial charge in [-0.2, -0.15) is 4.98 Å². The van der Waals surface area contributed by atoms with Crippen molar-refractivity contribution < 1.29 is 4.52 Å². The Balaban J connectivity index is 0.000000815. The first-order valence-corrected chi connectivity index (χ1v) is 8.20. The maximum Gasteiger partial charge on any atom is 0.226 e. The molecule has 5 nitrogen and oxygen atoms in total. The van der Waals surface area contributed by atoms with Crippen molar-refractivity contribution in [2.24, 2.45) is 0 Å². The Labute approximate surface area is 141 Å². The Morgan fingerprint density at radius 2 is 1.83 bits per heavy atom. The van der Waals surface area contributed by atoms with E-state index < -0.39 is 0 Å². The molecule has 0 saturated heterocycles. The van der Waals surface area contributed by atoms with Crippen LogP contribution < -0.4 is 0 Å². The summed E-state index contributed by atoms with van der Waals surface area (Å²) in [6.45, 7) is 5.99. The fourth-order valence-corrected chi connectivity index (χ4v) is 2.41. The van der Waals surface area contributed by atoms with E-state index in [2.05, 4.69) is 15.1 Å². The van der Waals surface area contributed by atoms with Gasteiger partial charge in [-0.1, -0.05) is 50.2 Å². The summed E-state index contributed by atoms with van der Waals surface area (Å²) in [5.74, 6) is 1.26. The predicted octanol–water partition coefficient (Wildman–Crippen LogP) is 4.64. The van der Waals surface area contributed by atoms with Crippen LogP contribution in [0.3, 0.4) is 0 Å². The average molecular weight is 320 g/mol. The summed E-state index contributed by atoms with van der Waals surface area (Å²) in [4.78, 5) is 9.01. The van der Waals surface area contributed by atoms with Crippen molar-refractivity contribution in [2.45, 2.75) is 27.2 Å². The van der Waals surface area contributed by atoms with Gasteiger partial charge < -0.3 is 8.92 Å². The summed E-state index contributed by atoms with van der Waals surface area (Å²) < 4.78 is 7.19. The number of benzene rings is 1. The number of rotatable bonds is 3. The fourth-order valence-electron chi connectivity index (χ4n) is 2.41. The van der Waals surface area contributed by atoms with Crippen molar-refractivity contribution in [1.29, 1.82) is 0 Å². The van der Waals surface area contributed by atoms with Crippen LogP contribution in [0.5, 0.6) is 0 Å². The second kappa shape index (κ2) is 7.08. The van der Waals surface area contributed by atoms with Crippen LogP contribution in [-0.4, -0.2) is 19.5 Å². The molecular formula is C19H20N4O. The quantitative estimate of drug-likeness (QED) is 0.552. The highest BCUT2D eigenvalue weighted by molar-refractivity contribution is 5.69. The van der Waals surface area contributed by atoms with Crippen LogP contribution >= 0.6 is 0 Å². The van der Waals surface area contributed by atoms with Gasteiger partial charge in [0.15, 0.2) is 0 Å². The molecule has 3 heterocycles. The molecule has 0 amide bonds. The second-order valence-electron chi connectivity index (χ2n) is 5.04. The monoisotopic (exact) mass is 320 g/mol. The summed E-state index contributed by atoms with van der Waals surface area (Å²) in [5.41, 5.74) is 3.81. The van der Waals surface area contributed by atoms with E-state index >= 15 is 0 Å². The summed E-state index contributed by atoms with van der Waals surface area (Å²) in [6.07, 6.45) is 4.74. The Morgan fingerprint density at radius 1 is 1.00 bits per heavy atom. The number of fused-ring (bicyclic) bond motifs is 1. The SMILES string of the molecule is CC.CCc1nc(-c2cccc(-c3cn4ccccc4n3)c2)no1. The van der Waals surface area contributed by atoms with Gasteiger partial charge >= 0.3 is 0 Å². The van der Waals surface area contributed by atoms with E-state index in [1.165, 1.54) is 0 Å². The minimum absolute atomic E-state index is 0.613. The van der Waals surface area contributed by atoms with Crippen LogP contribution in [0.15, 0.2) is 59.4 Å². The van der Waals surface area contributed by atoms with Gasteiger partial charge in [0, 0.05) is 29.9 Å². The van der Waals surface area contributed by atoms with Crippen molar-refractivity contribution in [3.8, 4) is 22.6 Å². The van der Waals surface area contributed by atoms with Crippen molar-refractivity contribution in [2.75, 3.05) is 0 Å². The van der Waals surface area contributed by atoms with Gasteiger partial charge in [0.05, 0.1) is 5.69 Å².